The van der Waals surface area contributed by atoms with Crippen LogP contribution in [0.4, 0.5) is 5.95 Å². The molecular formula is C19H17ClN4O2. The van der Waals surface area contributed by atoms with Gasteiger partial charge in [0, 0.05) is 11.4 Å². The normalized spacial score (nSPS) is 16.0. The Balaban J connectivity index is 1.76. The zero-order valence-corrected chi connectivity index (χ0v) is 15.1. The van der Waals surface area contributed by atoms with E-state index < -0.39 is 0 Å². The highest BCUT2D eigenvalue weighted by atomic mass is 35.5. The fourth-order valence-corrected chi connectivity index (χ4v) is 3.25. The molecule has 0 aliphatic carbocycles. The Kier molecular flexibility index (Phi) is 4.34. The summed E-state index contributed by atoms with van der Waals surface area (Å²) in [7, 11) is 3.25. The maximum atomic E-state index is 6.01. The van der Waals surface area contributed by atoms with Gasteiger partial charge in [0.1, 0.15) is 6.33 Å². The zero-order valence-electron chi connectivity index (χ0n) is 14.4. The van der Waals surface area contributed by atoms with Crippen LogP contribution < -0.4 is 9.47 Å². The van der Waals surface area contributed by atoms with Crippen molar-refractivity contribution in [3.63, 3.8) is 0 Å². The summed E-state index contributed by atoms with van der Waals surface area (Å²) in [5.74, 6) is 1.96. The summed E-state index contributed by atoms with van der Waals surface area (Å²) in [5, 5.41) is 5.06. The first-order valence-electron chi connectivity index (χ1n) is 8.14. The molecule has 2 heterocycles. The van der Waals surface area contributed by atoms with Gasteiger partial charge in [-0.1, -0.05) is 29.8 Å². The predicted molar refractivity (Wildman–Crippen MR) is 100.0 cm³/mol. The standard InChI is InChI=1S/C19H17ClN4O2/c1-25-17-8-5-13(9-18(17)26-2)16-10-15(12-3-6-14(20)7-4-12)23-19-21-11-22-24(16)19/h3-9,11,16H,10H2,1-2H3. The number of rotatable bonds is 4. The van der Waals surface area contributed by atoms with Gasteiger partial charge in [-0.2, -0.15) is 10.1 Å². The van der Waals surface area contributed by atoms with Crippen LogP contribution in [0.1, 0.15) is 23.6 Å². The first kappa shape index (κ1) is 16.6. The van der Waals surface area contributed by atoms with Gasteiger partial charge in [-0.05, 0) is 35.4 Å². The highest BCUT2D eigenvalue weighted by molar-refractivity contribution is 6.30. The molecule has 0 bridgehead atoms. The van der Waals surface area contributed by atoms with E-state index in [9.17, 15) is 0 Å². The lowest BCUT2D eigenvalue weighted by atomic mass is 9.96. The second-order valence-electron chi connectivity index (χ2n) is 5.90. The molecule has 0 saturated carbocycles. The molecule has 0 spiro atoms. The number of benzene rings is 2. The van der Waals surface area contributed by atoms with Crippen molar-refractivity contribution in [3.05, 3.63) is 64.9 Å². The first-order valence-corrected chi connectivity index (χ1v) is 8.52. The number of ether oxygens (including phenoxy) is 2. The largest absolute Gasteiger partial charge is 0.493 e. The Morgan fingerprint density at radius 3 is 2.54 bits per heavy atom. The van der Waals surface area contributed by atoms with Crippen LogP contribution in [0.2, 0.25) is 5.02 Å². The maximum absolute atomic E-state index is 6.01. The summed E-state index contributed by atoms with van der Waals surface area (Å²) >= 11 is 6.01. The van der Waals surface area contributed by atoms with Crippen LogP contribution in [0.25, 0.3) is 0 Å². The Hall–Kier alpha value is -2.86. The van der Waals surface area contributed by atoms with E-state index >= 15 is 0 Å². The summed E-state index contributed by atoms with van der Waals surface area (Å²) in [5.41, 5.74) is 3.02. The van der Waals surface area contributed by atoms with Crippen LogP contribution in [-0.4, -0.2) is 34.7 Å². The Labute approximate surface area is 156 Å². The number of hydrogen-bond donors (Lipinski definition) is 0. The number of fused-ring (bicyclic) bond motifs is 1. The average molecular weight is 369 g/mol. The minimum absolute atomic E-state index is 0.0320. The van der Waals surface area contributed by atoms with Crippen LogP contribution in [0.3, 0.4) is 0 Å². The predicted octanol–water partition coefficient (Wildman–Crippen LogP) is 4.06. The van der Waals surface area contributed by atoms with Crippen LogP contribution in [0.5, 0.6) is 11.5 Å². The van der Waals surface area contributed by atoms with Crippen molar-refractivity contribution in [2.24, 2.45) is 4.99 Å². The van der Waals surface area contributed by atoms with Crippen molar-refractivity contribution in [1.29, 1.82) is 0 Å². The fourth-order valence-electron chi connectivity index (χ4n) is 3.12. The number of aromatic nitrogens is 3. The Bertz CT molecular complexity index is 966. The molecule has 0 fully saturated rings. The van der Waals surface area contributed by atoms with E-state index in [4.69, 9.17) is 21.1 Å². The molecule has 0 N–H and O–H groups in total. The Morgan fingerprint density at radius 2 is 1.81 bits per heavy atom. The third-order valence-corrected chi connectivity index (χ3v) is 4.69. The molecule has 26 heavy (non-hydrogen) atoms. The van der Waals surface area contributed by atoms with E-state index in [2.05, 4.69) is 15.1 Å². The van der Waals surface area contributed by atoms with Crippen molar-refractivity contribution in [1.82, 2.24) is 14.8 Å². The van der Waals surface area contributed by atoms with E-state index in [1.54, 1.807) is 14.2 Å². The topological polar surface area (TPSA) is 61.5 Å². The van der Waals surface area contributed by atoms with Gasteiger partial charge in [0.25, 0.3) is 0 Å². The molecule has 1 aliphatic rings. The minimum Gasteiger partial charge on any atom is -0.493 e. The molecule has 0 saturated heterocycles. The van der Waals surface area contributed by atoms with E-state index in [0.717, 1.165) is 16.8 Å². The van der Waals surface area contributed by atoms with Gasteiger partial charge >= 0.3 is 0 Å². The molecular weight excluding hydrogens is 352 g/mol. The highest BCUT2D eigenvalue weighted by Crippen LogP contribution is 2.36. The lowest BCUT2D eigenvalue weighted by Crippen LogP contribution is -2.21. The second-order valence-corrected chi connectivity index (χ2v) is 6.34. The van der Waals surface area contributed by atoms with E-state index in [-0.39, 0.29) is 6.04 Å². The van der Waals surface area contributed by atoms with Crippen molar-refractivity contribution in [2.75, 3.05) is 14.2 Å². The molecule has 0 amide bonds. The van der Waals surface area contributed by atoms with Gasteiger partial charge in [-0.15, -0.1) is 0 Å². The van der Waals surface area contributed by atoms with Crippen LogP contribution in [0.15, 0.2) is 53.8 Å². The van der Waals surface area contributed by atoms with E-state index in [1.165, 1.54) is 6.33 Å². The van der Waals surface area contributed by atoms with E-state index in [1.807, 2.05) is 47.1 Å². The summed E-state index contributed by atoms with van der Waals surface area (Å²) in [4.78, 5) is 8.95. The summed E-state index contributed by atoms with van der Waals surface area (Å²) in [6.45, 7) is 0. The first-order chi connectivity index (χ1) is 12.7. The van der Waals surface area contributed by atoms with Gasteiger partial charge in [0.15, 0.2) is 11.5 Å². The Morgan fingerprint density at radius 1 is 1.04 bits per heavy atom. The summed E-state index contributed by atoms with van der Waals surface area (Å²) < 4.78 is 12.6. The third-order valence-electron chi connectivity index (χ3n) is 4.44. The minimum atomic E-state index is -0.0320. The van der Waals surface area contributed by atoms with Gasteiger partial charge in [0.05, 0.1) is 26.0 Å². The molecule has 1 aromatic heterocycles. The molecule has 1 aliphatic heterocycles. The number of nitrogens with zero attached hydrogens (tertiary/aromatic N) is 4. The molecule has 0 radical (unpaired) electrons. The van der Waals surface area contributed by atoms with Crippen LogP contribution in [-0.2, 0) is 0 Å². The smallest absolute Gasteiger partial charge is 0.248 e. The third kappa shape index (κ3) is 2.93. The second kappa shape index (κ2) is 6.80. The van der Waals surface area contributed by atoms with Gasteiger partial charge in [-0.3, -0.25) is 0 Å². The molecule has 3 aromatic rings. The van der Waals surface area contributed by atoms with Gasteiger partial charge < -0.3 is 9.47 Å². The molecule has 2 aromatic carbocycles. The monoisotopic (exact) mass is 368 g/mol. The van der Waals surface area contributed by atoms with Crippen LogP contribution >= 0.6 is 11.6 Å². The average Bonchev–Trinajstić information content (AvgIpc) is 3.16. The summed E-state index contributed by atoms with van der Waals surface area (Å²) in [6, 6.07) is 13.5. The summed E-state index contributed by atoms with van der Waals surface area (Å²) in [6.07, 6.45) is 2.21. The maximum Gasteiger partial charge on any atom is 0.248 e. The van der Waals surface area contributed by atoms with Crippen molar-refractivity contribution in [3.8, 4) is 11.5 Å². The fraction of sp³-hybridized carbons (Fsp3) is 0.211. The molecule has 4 rings (SSSR count). The number of methoxy groups -OCH3 is 2. The quantitative estimate of drug-likeness (QED) is 0.696. The molecule has 7 heteroatoms. The molecule has 1 unspecified atom stereocenters. The zero-order chi connectivity index (χ0) is 18.1. The molecule has 1 atom stereocenters. The van der Waals surface area contributed by atoms with Gasteiger partial charge in [-0.25, -0.2) is 9.67 Å². The number of hydrogen-bond acceptors (Lipinski definition) is 5. The number of halogens is 1. The van der Waals surface area contributed by atoms with E-state index in [0.29, 0.717) is 28.9 Å². The van der Waals surface area contributed by atoms with Crippen molar-refractivity contribution >= 4 is 23.3 Å². The van der Waals surface area contributed by atoms with Crippen molar-refractivity contribution in [2.45, 2.75) is 12.5 Å². The lowest BCUT2D eigenvalue weighted by Gasteiger charge is -2.24. The van der Waals surface area contributed by atoms with Crippen LogP contribution in [0, 0.1) is 0 Å². The SMILES string of the molecule is COc1ccc(C2CC(c3ccc(Cl)cc3)=Nc3ncnn32)cc1OC. The molecule has 132 valence electrons. The molecule has 6 nitrogen and oxygen atoms in total. The highest BCUT2D eigenvalue weighted by Gasteiger charge is 2.27. The lowest BCUT2D eigenvalue weighted by molar-refractivity contribution is 0.353. The van der Waals surface area contributed by atoms with Crippen molar-refractivity contribution < 1.29 is 9.47 Å². The number of aliphatic imine (C=N–C) groups is 1. The van der Waals surface area contributed by atoms with Gasteiger partial charge in [0.2, 0.25) is 5.95 Å².